The Balaban J connectivity index is 1.38. The number of carbonyl (C=O) groups is 5. The number of nitrogens with zero attached hydrogens (tertiary/aromatic N) is 2. The van der Waals surface area contributed by atoms with E-state index in [0.717, 1.165) is 29.7 Å². The summed E-state index contributed by atoms with van der Waals surface area (Å²) < 4.78 is 0. The second-order valence-corrected chi connectivity index (χ2v) is 9.36. The zero-order chi connectivity index (χ0) is 23.8. The molecule has 1 aliphatic carbocycles. The lowest BCUT2D eigenvalue weighted by Gasteiger charge is -2.36. The Hall–Kier alpha value is -3.43. The zero-order valence-corrected chi connectivity index (χ0v) is 18.8. The molecule has 10 heteroatoms. The van der Waals surface area contributed by atoms with Gasteiger partial charge in [0.05, 0.1) is 0 Å². The Kier molecular flexibility index (Phi) is 5.85. The molecule has 33 heavy (non-hydrogen) atoms. The van der Waals surface area contributed by atoms with E-state index >= 15 is 0 Å². The summed E-state index contributed by atoms with van der Waals surface area (Å²) in [4.78, 5) is 64.3. The first kappa shape index (κ1) is 22.8. The third-order valence-electron chi connectivity index (χ3n) is 7.06. The molecule has 2 aliphatic heterocycles. The molecular formula is C23H29N5O5. The lowest BCUT2D eigenvalue weighted by atomic mass is 9.73. The van der Waals surface area contributed by atoms with Gasteiger partial charge in [-0.05, 0) is 44.1 Å². The minimum absolute atomic E-state index is 0.0352. The van der Waals surface area contributed by atoms with Crippen LogP contribution >= 0.6 is 0 Å². The Morgan fingerprint density at radius 3 is 2.48 bits per heavy atom. The number of carbonyl (C=O) groups excluding carboxylic acids is 5. The van der Waals surface area contributed by atoms with Crippen LogP contribution in [0.3, 0.4) is 0 Å². The van der Waals surface area contributed by atoms with E-state index in [4.69, 9.17) is 0 Å². The quantitative estimate of drug-likeness (QED) is 0.560. The van der Waals surface area contributed by atoms with Crippen LogP contribution in [0.1, 0.15) is 51.5 Å². The van der Waals surface area contributed by atoms with E-state index in [1.807, 2.05) is 37.3 Å². The minimum atomic E-state index is -1.18. The van der Waals surface area contributed by atoms with Crippen LogP contribution in [0.5, 0.6) is 0 Å². The third kappa shape index (κ3) is 4.05. The number of hydrogen-bond donors (Lipinski definition) is 3. The van der Waals surface area contributed by atoms with Crippen LogP contribution in [0, 0.1) is 5.92 Å². The van der Waals surface area contributed by atoms with Gasteiger partial charge in [0.25, 0.3) is 17.7 Å². The first-order chi connectivity index (χ1) is 15.7. The standard InChI is InChI=1S/C23H29N5O5/c1-15-8-6-7-12-23(15)19(31)27(20(32)25-23)14-17(29)26-28-18(30)22(2,24-21(28)33)13-11-16-9-4-3-5-10-16/h3-5,9-10,15H,6-8,11-14H2,1-2H3,(H,24,33)(H,25,32)(H,26,29)/t15-,22-,23-/m1/s1. The predicted octanol–water partition coefficient (Wildman–Crippen LogP) is 1.46. The molecular weight excluding hydrogens is 426 g/mol. The van der Waals surface area contributed by atoms with Crippen LogP contribution in [0.15, 0.2) is 30.3 Å². The summed E-state index contributed by atoms with van der Waals surface area (Å²) in [6.07, 6.45) is 4.07. The second kappa shape index (κ2) is 8.49. The Morgan fingerprint density at radius 2 is 1.79 bits per heavy atom. The lowest BCUT2D eigenvalue weighted by molar-refractivity contribution is -0.141. The van der Waals surface area contributed by atoms with Crippen molar-refractivity contribution in [2.24, 2.45) is 5.92 Å². The van der Waals surface area contributed by atoms with E-state index < -0.39 is 47.4 Å². The first-order valence-electron chi connectivity index (χ1n) is 11.3. The number of aryl methyl sites for hydroxylation is 1. The molecule has 4 rings (SSSR count). The number of benzene rings is 1. The van der Waals surface area contributed by atoms with E-state index in [0.29, 0.717) is 24.3 Å². The van der Waals surface area contributed by atoms with Crippen LogP contribution in [-0.2, 0) is 20.8 Å². The smallest absolute Gasteiger partial charge is 0.323 e. The summed E-state index contributed by atoms with van der Waals surface area (Å²) in [6.45, 7) is 2.95. The average molecular weight is 456 g/mol. The van der Waals surface area contributed by atoms with Gasteiger partial charge >= 0.3 is 12.1 Å². The SMILES string of the molecule is C[C@@H]1CCCC[C@@]12NC(=O)N(CC(=O)NN1C(=O)N[C@](C)(CCc3ccccc3)C1=O)C2=O. The lowest BCUT2D eigenvalue weighted by Crippen LogP contribution is -2.55. The summed E-state index contributed by atoms with van der Waals surface area (Å²) in [5, 5.41) is 6.04. The topological polar surface area (TPSA) is 128 Å². The van der Waals surface area contributed by atoms with E-state index in [2.05, 4.69) is 16.1 Å². The van der Waals surface area contributed by atoms with Crippen molar-refractivity contribution in [3.63, 3.8) is 0 Å². The van der Waals surface area contributed by atoms with Crippen molar-refractivity contribution in [2.45, 2.75) is 63.5 Å². The summed E-state index contributed by atoms with van der Waals surface area (Å²) in [5.41, 5.74) is 1.12. The van der Waals surface area contributed by atoms with Crippen LogP contribution in [-0.4, -0.2) is 57.3 Å². The third-order valence-corrected chi connectivity index (χ3v) is 7.06. The largest absolute Gasteiger partial charge is 0.344 e. The highest BCUT2D eigenvalue weighted by molar-refractivity contribution is 6.10. The van der Waals surface area contributed by atoms with Crippen molar-refractivity contribution in [1.29, 1.82) is 0 Å². The van der Waals surface area contributed by atoms with Crippen molar-refractivity contribution in [3.05, 3.63) is 35.9 Å². The van der Waals surface area contributed by atoms with Crippen molar-refractivity contribution in [3.8, 4) is 0 Å². The molecule has 3 atom stereocenters. The molecule has 3 aliphatic rings. The Labute approximate surface area is 192 Å². The van der Waals surface area contributed by atoms with Crippen molar-refractivity contribution in [1.82, 2.24) is 26.0 Å². The molecule has 0 bridgehead atoms. The molecule has 1 spiro atoms. The normalized spacial score (nSPS) is 29.5. The highest BCUT2D eigenvalue weighted by atomic mass is 16.2. The highest BCUT2D eigenvalue weighted by Crippen LogP contribution is 2.38. The van der Waals surface area contributed by atoms with E-state index in [9.17, 15) is 24.0 Å². The van der Waals surface area contributed by atoms with Crippen LogP contribution in [0.4, 0.5) is 9.59 Å². The predicted molar refractivity (Wildman–Crippen MR) is 117 cm³/mol. The van der Waals surface area contributed by atoms with Crippen molar-refractivity contribution >= 4 is 29.8 Å². The number of imide groups is 2. The van der Waals surface area contributed by atoms with Gasteiger partial charge in [-0.25, -0.2) is 9.59 Å². The molecule has 2 saturated heterocycles. The number of urea groups is 2. The maximum Gasteiger partial charge on any atom is 0.344 e. The summed E-state index contributed by atoms with van der Waals surface area (Å²) in [7, 11) is 0. The van der Waals surface area contributed by atoms with Crippen molar-refractivity contribution in [2.75, 3.05) is 6.54 Å². The van der Waals surface area contributed by atoms with Crippen LogP contribution in [0.25, 0.3) is 0 Å². The van der Waals surface area contributed by atoms with Gasteiger partial charge in [0.15, 0.2) is 0 Å². The summed E-state index contributed by atoms with van der Waals surface area (Å²) in [5.74, 6) is -1.85. The molecule has 0 radical (unpaired) electrons. The maximum atomic E-state index is 13.0. The van der Waals surface area contributed by atoms with Crippen LogP contribution < -0.4 is 16.1 Å². The first-order valence-corrected chi connectivity index (χ1v) is 11.3. The van der Waals surface area contributed by atoms with E-state index in [-0.39, 0.29) is 5.92 Å². The van der Waals surface area contributed by atoms with Gasteiger partial charge in [0.1, 0.15) is 17.6 Å². The van der Waals surface area contributed by atoms with Gasteiger partial charge in [-0.2, -0.15) is 5.01 Å². The minimum Gasteiger partial charge on any atom is -0.323 e. The number of hydrogen-bond acceptors (Lipinski definition) is 5. The number of hydrazine groups is 1. The highest BCUT2D eigenvalue weighted by Gasteiger charge is 2.55. The fourth-order valence-corrected chi connectivity index (χ4v) is 4.94. The number of rotatable bonds is 6. The molecule has 1 aromatic carbocycles. The van der Waals surface area contributed by atoms with Gasteiger partial charge in [-0.1, -0.05) is 50.1 Å². The zero-order valence-electron chi connectivity index (χ0n) is 18.8. The monoisotopic (exact) mass is 455 g/mol. The Bertz CT molecular complexity index is 998. The van der Waals surface area contributed by atoms with Crippen LogP contribution in [0.2, 0.25) is 0 Å². The number of nitrogens with one attached hydrogen (secondary N) is 3. The van der Waals surface area contributed by atoms with Crippen molar-refractivity contribution < 1.29 is 24.0 Å². The molecule has 0 aromatic heterocycles. The Morgan fingerprint density at radius 1 is 1.06 bits per heavy atom. The van der Waals surface area contributed by atoms with Gasteiger partial charge in [-0.15, -0.1) is 0 Å². The van der Waals surface area contributed by atoms with E-state index in [1.54, 1.807) is 6.92 Å². The summed E-state index contributed by atoms with van der Waals surface area (Å²) >= 11 is 0. The fraction of sp³-hybridized carbons (Fsp3) is 0.522. The molecule has 3 N–H and O–H groups in total. The van der Waals surface area contributed by atoms with Gasteiger partial charge < -0.3 is 10.6 Å². The molecule has 2 heterocycles. The number of amides is 7. The van der Waals surface area contributed by atoms with Gasteiger partial charge in [-0.3, -0.25) is 24.7 Å². The second-order valence-electron chi connectivity index (χ2n) is 9.36. The molecule has 0 unspecified atom stereocenters. The molecule has 10 nitrogen and oxygen atoms in total. The van der Waals surface area contributed by atoms with E-state index in [1.165, 1.54) is 0 Å². The summed E-state index contributed by atoms with van der Waals surface area (Å²) in [6, 6.07) is 8.17. The average Bonchev–Trinajstić information content (AvgIpc) is 3.15. The van der Waals surface area contributed by atoms with Gasteiger partial charge in [0, 0.05) is 0 Å². The molecule has 1 saturated carbocycles. The molecule has 1 aromatic rings. The maximum absolute atomic E-state index is 13.0. The molecule has 7 amide bonds. The fourth-order valence-electron chi connectivity index (χ4n) is 4.94. The van der Waals surface area contributed by atoms with Gasteiger partial charge in [0.2, 0.25) is 0 Å². The molecule has 3 fully saturated rings. The molecule has 176 valence electrons.